The molecule has 26 heavy (non-hydrogen) atoms. The van der Waals surface area contributed by atoms with Crippen LogP contribution in [-0.4, -0.2) is 48.2 Å². The normalized spacial score (nSPS) is 18.6. The van der Waals surface area contributed by atoms with Gasteiger partial charge in [-0.15, -0.1) is 0 Å². The zero-order chi connectivity index (χ0) is 18.9. The molecule has 10 heteroatoms. The van der Waals surface area contributed by atoms with Crippen LogP contribution >= 0.6 is 0 Å². The van der Waals surface area contributed by atoms with Crippen molar-refractivity contribution in [2.45, 2.75) is 26.3 Å². The third kappa shape index (κ3) is 3.96. The van der Waals surface area contributed by atoms with E-state index in [1.807, 2.05) is 0 Å². The lowest BCUT2D eigenvalue weighted by Crippen LogP contribution is -2.24. The van der Waals surface area contributed by atoms with Crippen molar-refractivity contribution < 1.29 is 27.2 Å². The first-order valence-corrected chi connectivity index (χ1v) is 9.85. The highest BCUT2D eigenvalue weighted by atomic mass is 32.2. The molecule has 3 heterocycles. The molecular weight excluding hydrogens is 362 g/mol. The zero-order valence-electron chi connectivity index (χ0n) is 14.4. The van der Waals surface area contributed by atoms with Crippen molar-refractivity contribution in [3.63, 3.8) is 0 Å². The van der Waals surface area contributed by atoms with Gasteiger partial charge in [0.1, 0.15) is 5.82 Å². The smallest absolute Gasteiger partial charge is 0.375 e. The molecule has 2 aromatic heterocycles. The first-order chi connectivity index (χ1) is 12.2. The Labute approximate surface area is 150 Å². The molecule has 1 aliphatic heterocycles. The second-order valence-corrected chi connectivity index (χ2v) is 8.46. The number of hydrogen-bond donors (Lipinski definition) is 1. The Balaban J connectivity index is 1.63. The third-order valence-corrected chi connectivity index (χ3v) is 5.81. The first kappa shape index (κ1) is 18.2. The molecule has 1 amide bonds. The lowest BCUT2D eigenvalue weighted by Gasteiger charge is -2.13. The van der Waals surface area contributed by atoms with Crippen LogP contribution in [0.5, 0.6) is 0 Å². The van der Waals surface area contributed by atoms with Crippen LogP contribution in [-0.2, 0) is 19.4 Å². The van der Waals surface area contributed by atoms with Gasteiger partial charge in [0.05, 0.1) is 29.5 Å². The quantitative estimate of drug-likeness (QED) is 0.774. The summed E-state index contributed by atoms with van der Waals surface area (Å²) in [5.74, 6) is -0.762. The highest BCUT2D eigenvalue weighted by molar-refractivity contribution is 7.91. The van der Waals surface area contributed by atoms with Crippen LogP contribution in [0.25, 0.3) is 0 Å². The van der Waals surface area contributed by atoms with Crippen LogP contribution in [0.15, 0.2) is 22.8 Å². The van der Waals surface area contributed by atoms with E-state index >= 15 is 0 Å². The van der Waals surface area contributed by atoms with E-state index in [2.05, 4.69) is 10.4 Å². The van der Waals surface area contributed by atoms with Gasteiger partial charge in [-0.05, 0) is 26.3 Å². The lowest BCUT2D eigenvalue weighted by molar-refractivity contribution is -0.119. The number of sulfone groups is 1. The van der Waals surface area contributed by atoms with E-state index < -0.39 is 28.3 Å². The molecule has 1 N–H and O–H groups in total. The molecule has 0 saturated carbocycles. The number of carbonyl (C=O) groups is 2. The molecule has 0 spiro atoms. The van der Waals surface area contributed by atoms with Crippen molar-refractivity contribution in [3.8, 4) is 0 Å². The summed E-state index contributed by atoms with van der Waals surface area (Å²) in [5, 5.41) is 6.88. The van der Waals surface area contributed by atoms with Gasteiger partial charge < -0.3 is 14.5 Å². The molecule has 1 aliphatic rings. The second kappa shape index (κ2) is 6.94. The number of nitrogens with one attached hydrogen (secondary N) is 1. The summed E-state index contributed by atoms with van der Waals surface area (Å²) in [6.07, 6.45) is 1.81. The lowest BCUT2D eigenvalue weighted by atomic mass is 10.3. The van der Waals surface area contributed by atoms with Gasteiger partial charge in [-0.25, -0.2) is 17.9 Å². The summed E-state index contributed by atoms with van der Waals surface area (Å²) in [5.41, 5.74) is 1.26. The molecule has 2 aromatic rings. The van der Waals surface area contributed by atoms with E-state index in [9.17, 15) is 18.0 Å². The van der Waals surface area contributed by atoms with Crippen LogP contribution in [0.2, 0.25) is 0 Å². The van der Waals surface area contributed by atoms with Crippen LogP contribution in [0.1, 0.15) is 34.3 Å². The minimum Gasteiger partial charge on any atom is -0.457 e. The topological polar surface area (TPSA) is 120 Å². The van der Waals surface area contributed by atoms with E-state index in [1.165, 1.54) is 10.9 Å². The minimum absolute atomic E-state index is 0.0102. The number of carbonyl (C=O) groups excluding carboxylic acids is 2. The predicted octanol–water partition coefficient (Wildman–Crippen LogP) is 1.25. The van der Waals surface area contributed by atoms with Crippen molar-refractivity contribution >= 4 is 27.5 Å². The monoisotopic (exact) mass is 381 g/mol. The molecule has 1 saturated heterocycles. The van der Waals surface area contributed by atoms with Crippen LogP contribution in [0.3, 0.4) is 0 Å². The highest BCUT2D eigenvalue weighted by Gasteiger charge is 2.31. The van der Waals surface area contributed by atoms with Crippen molar-refractivity contribution in [1.82, 2.24) is 9.78 Å². The molecule has 1 atom stereocenters. The Morgan fingerprint density at radius 2 is 2.19 bits per heavy atom. The second-order valence-electron chi connectivity index (χ2n) is 6.23. The Bertz CT molecular complexity index is 943. The van der Waals surface area contributed by atoms with Crippen molar-refractivity contribution in [2.24, 2.45) is 0 Å². The number of ether oxygens (including phenoxy) is 1. The van der Waals surface area contributed by atoms with Gasteiger partial charge in [-0.2, -0.15) is 5.10 Å². The molecule has 1 unspecified atom stereocenters. The maximum absolute atomic E-state index is 12.1. The number of anilines is 1. The number of rotatable bonds is 5. The number of hydrogen-bond acceptors (Lipinski definition) is 7. The SMILES string of the molecule is Cc1cc(NC(=O)COC(=O)c2occc2C)n(C2CCS(=O)(=O)C2)n1. The molecule has 9 nitrogen and oxygen atoms in total. The van der Waals surface area contributed by atoms with E-state index in [1.54, 1.807) is 26.0 Å². The van der Waals surface area contributed by atoms with E-state index in [0.29, 0.717) is 23.5 Å². The van der Waals surface area contributed by atoms with Gasteiger partial charge in [0.25, 0.3) is 5.91 Å². The number of amides is 1. The van der Waals surface area contributed by atoms with Crippen molar-refractivity contribution in [3.05, 3.63) is 35.4 Å². The molecule has 1 fully saturated rings. The molecule has 0 radical (unpaired) electrons. The van der Waals surface area contributed by atoms with Gasteiger partial charge in [0.2, 0.25) is 5.76 Å². The third-order valence-electron chi connectivity index (χ3n) is 4.06. The summed E-state index contributed by atoms with van der Waals surface area (Å²) in [4.78, 5) is 24.0. The fraction of sp³-hybridized carbons (Fsp3) is 0.438. The number of nitrogens with zero attached hydrogens (tertiary/aromatic N) is 2. The molecule has 140 valence electrons. The molecule has 0 aromatic carbocycles. The minimum atomic E-state index is -3.08. The van der Waals surface area contributed by atoms with E-state index in [-0.39, 0.29) is 23.3 Å². The number of furan rings is 1. The van der Waals surface area contributed by atoms with Crippen molar-refractivity contribution in [1.29, 1.82) is 0 Å². The summed E-state index contributed by atoms with van der Waals surface area (Å²) >= 11 is 0. The maximum atomic E-state index is 12.1. The molecule has 3 rings (SSSR count). The Kier molecular flexibility index (Phi) is 4.86. The standard InChI is InChI=1S/C16H19N3O6S/c1-10-3-5-24-15(10)16(21)25-8-14(20)17-13-7-11(2)18-19(13)12-4-6-26(22,23)9-12/h3,5,7,12H,4,6,8-9H2,1-2H3,(H,17,20). The average molecular weight is 381 g/mol. The van der Waals surface area contributed by atoms with Gasteiger partial charge >= 0.3 is 5.97 Å². The largest absolute Gasteiger partial charge is 0.457 e. The van der Waals surface area contributed by atoms with Gasteiger partial charge in [-0.1, -0.05) is 0 Å². The van der Waals surface area contributed by atoms with E-state index in [4.69, 9.17) is 9.15 Å². The molecular formula is C16H19N3O6S. The number of aryl methyl sites for hydroxylation is 2. The van der Waals surface area contributed by atoms with E-state index in [0.717, 1.165) is 0 Å². The average Bonchev–Trinajstić information content (AvgIpc) is 3.24. The van der Waals surface area contributed by atoms with Gasteiger partial charge in [0, 0.05) is 11.6 Å². The maximum Gasteiger partial charge on any atom is 0.375 e. The summed E-state index contributed by atoms with van der Waals surface area (Å²) in [6.45, 7) is 2.94. The van der Waals surface area contributed by atoms with Crippen LogP contribution < -0.4 is 5.32 Å². The Hall–Kier alpha value is -2.62. The summed E-state index contributed by atoms with van der Waals surface area (Å²) < 4.78 is 34.8. The van der Waals surface area contributed by atoms with Gasteiger partial charge in [0.15, 0.2) is 16.4 Å². The van der Waals surface area contributed by atoms with Crippen LogP contribution in [0, 0.1) is 13.8 Å². The number of esters is 1. The predicted molar refractivity (Wildman–Crippen MR) is 91.6 cm³/mol. The Morgan fingerprint density at radius 3 is 2.81 bits per heavy atom. The molecule has 0 bridgehead atoms. The Morgan fingerprint density at radius 1 is 1.42 bits per heavy atom. The molecule has 0 aliphatic carbocycles. The first-order valence-electron chi connectivity index (χ1n) is 8.03. The highest BCUT2D eigenvalue weighted by Crippen LogP contribution is 2.27. The number of aromatic nitrogens is 2. The fourth-order valence-electron chi connectivity index (χ4n) is 2.81. The summed E-state index contributed by atoms with van der Waals surface area (Å²) in [7, 11) is -3.08. The van der Waals surface area contributed by atoms with Gasteiger partial charge in [-0.3, -0.25) is 4.79 Å². The fourth-order valence-corrected chi connectivity index (χ4v) is 4.51. The summed E-state index contributed by atoms with van der Waals surface area (Å²) in [6, 6.07) is 2.94. The van der Waals surface area contributed by atoms with Crippen molar-refractivity contribution in [2.75, 3.05) is 23.4 Å². The van der Waals surface area contributed by atoms with Crippen LogP contribution in [0.4, 0.5) is 5.82 Å². The zero-order valence-corrected chi connectivity index (χ0v) is 15.2.